The largest absolute Gasteiger partial charge is 0.399 e. The van der Waals surface area contributed by atoms with E-state index in [2.05, 4.69) is 24.1 Å². The highest BCUT2D eigenvalue weighted by molar-refractivity contribution is 6.40. The van der Waals surface area contributed by atoms with Crippen LogP contribution in [0, 0.1) is 11.8 Å². The third-order valence-electron chi connectivity index (χ3n) is 4.05. The summed E-state index contributed by atoms with van der Waals surface area (Å²) < 4.78 is 0. The number of halogens is 2. The number of nitrogen functional groups attached to an aromatic ring is 1. The first-order valence-corrected chi connectivity index (χ1v) is 7.89. The molecule has 0 saturated carbocycles. The maximum Gasteiger partial charge on any atom is 0.225 e. The Morgan fingerprint density at radius 2 is 1.81 bits per heavy atom. The van der Waals surface area contributed by atoms with Crippen molar-refractivity contribution in [1.82, 2.24) is 4.90 Å². The highest BCUT2D eigenvalue weighted by Gasteiger charge is 2.26. The number of hydrogen-bond acceptors (Lipinski definition) is 3. The van der Waals surface area contributed by atoms with Crippen molar-refractivity contribution in [2.24, 2.45) is 11.8 Å². The van der Waals surface area contributed by atoms with Crippen molar-refractivity contribution >= 4 is 40.5 Å². The second kappa shape index (κ2) is 6.86. The highest BCUT2D eigenvalue weighted by Crippen LogP contribution is 2.33. The average Bonchev–Trinajstić information content (AvgIpc) is 2.71. The lowest BCUT2D eigenvalue weighted by atomic mass is 10.0. The zero-order valence-corrected chi connectivity index (χ0v) is 13.8. The molecule has 1 amide bonds. The molecule has 4 nitrogen and oxygen atoms in total. The number of nitrogens with one attached hydrogen (secondary N) is 1. The standard InChI is InChI=1S/C15H21Cl2N3O/c1-9-7-20(8-10(9)2)4-3-14(21)19-15-12(16)5-11(18)6-13(15)17/h5-6,9-10H,3-4,7-8,18H2,1-2H3,(H,19,21). The van der Waals surface area contributed by atoms with Crippen molar-refractivity contribution < 1.29 is 4.79 Å². The lowest BCUT2D eigenvalue weighted by molar-refractivity contribution is -0.116. The van der Waals surface area contributed by atoms with Crippen LogP contribution in [-0.4, -0.2) is 30.4 Å². The van der Waals surface area contributed by atoms with Gasteiger partial charge in [-0.15, -0.1) is 0 Å². The molecule has 1 fully saturated rings. The molecule has 0 aliphatic carbocycles. The van der Waals surface area contributed by atoms with Crippen molar-refractivity contribution in [3.63, 3.8) is 0 Å². The molecule has 6 heteroatoms. The van der Waals surface area contributed by atoms with Crippen LogP contribution in [0.5, 0.6) is 0 Å². The van der Waals surface area contributed by atoms with Crippen LogP contribution >= 0.6 is 23.2 Å². The number of likely N-dealkylation sites (tertiary alicyclic amines) is 1. The fourth-order valence-electron chi connectivity index (χ4n) is 2.61. The van der Waals surface area contributed by atoms with E-state index in [0.717, 1.165) is 19.6 Å². The quantitative estimate of drug-likeness (QED) is 0.831. The minimum absolute atomic E-state index is 0.0872. The zero-order valence-electron chi connectivity index (χ0n) is 12.3. The summed E-state index contributed by atoms with van der Waals surface area (Å²) in [6.45, 7) is 7.36. The van der Waals surface area contributed by atoms with Crippen LogP contribution < -0.4 is 11.1 Å². The van der Waals surface area contributed by atoms with Gasteiger partial charge >= 0.3 is 0 Å². The number of nitrogens with two attached hydrogens (primary N) is 1. The number of anilines is 2. The molecular weight excluding hydrogens is 309 g/mol. The second-order valence-corrected chi connectivity index (χ2v) is 6.69. The van der Waals surface area contributed by atoms with Gasteiger partial charge in [-0.05, 0) is 24.0 Å². The number of benzene rings is 1. The van der Waals surface area contributed by atoms with Crippen LogP contribution in [0.3, 0.4) is 0 Å². The van der Waals surface area contributed by atoms with E-state index in [-0.39, 0.29) is 5.91 Å². The van der Waals surface area contributed by atoms with E-state index >= 15 is 0 Å². The summed E-state index contributed by atoms with van der Waals surface area (Å²) in [4.78, 5) is 14.4. The fourth-order valence-corrected chi connectivity index (χ4v) is 3.20. The molecule has 1 saturated heterocycles. The Labute approximate surface area is 135 Å². The van der Waals surface area contributed by atoms with E-state index in [4.69, 9.17) is 28.9 Å². The molecule has 0 aromatic heterocycles. The molecule has 2 unspecified atom stereocenters. The molecule has 0 bridgehead atoms. The zero-order chi connectivity index (χ0) is 15.6. The first-order valence-electron chi connectivity index (χ1n) is 7.13. The van der Waals surface area contributed by atoms with Gasteiger partial charge in [-0.3, -0.25) is 4.79 Å². The van der Waals surface area contributed by atoms with Crippen LogP contribution in [0.25, 0.3) is 0 Å². The molecule has 3 N–H and O–H groups in total. The van der Waals surface area contributed by atoms with Crippen LogP contribution in [0.15, 0.2) is 12.1 Å². The van der Waals surface area contributed by atoms with Crippen molar-refractivity contribution in [2.45, 2.75) is 20.3 Å². The Hall–Kier alpha value is -0.970. The van der Waals surface area contributed by atoms with Crippen molar-refractivity contribution in [3.8, 4) is 0 Å². The van der Waals surface area contributed by atoms with Gasteiger partial charge in [0.1, 0.15) is 0 Å². The highest BCUT2D eigenvalue weighted by atomic mass is 35.5. The molecule has 2 rings (SSSR count). The maximum absolute atomic E-state index is 12.0. The summed E-state index contributed by atoms with van der Waals surface area (Å²) in [5.41, 5.74) is 6.54. The molecule has 1 aromatic rings. The normalized spacial score (nSPS) is 22.5. The maximum atomic E-state index is 12.0. The minimum atomic E-state index is -0.0872. The number of rotatable bonds is 4. The van der Waals surface area contributed by atoms with Gasteiger partial charge in [0.15, 0.2) is 0 Å². The Kier molecular flexibility index (Phi) is 5.36. The SMILES string of the molecule is CC1CN(CCC(=O)Nc2c(Cl)cc(N)cc2Cl)CC1C. The van der Waals surface area contributed by atoms with Gasteiger partial charge in [0.25, 0.3) is 0 Å². The molecule has 1 heterocycles. The third kappa shape index (κ3) is 4.25. The van der Waals surface area contributed by atoms with Crippen molar-refractivity contribution in [3.05, 3.63) is 22.2 Å². The summed E-state index contributed by atoms with van der Waals surface area (Å²) in [6, 6.07) is 3.15. The van der Waals surface area contributed by atoms with E-state index in [1.807, 2.05) is 0 Å². The molecule has 1 aliphatic rings. The summed E-state index contributed by atoms with van der Waals surface area (Å²) in [5, 5.41) is 3.48. The number of hydrogen-bond donors (Lipinski definition) is 2. The molecule has 0 radical (unpaired) electrons. The van der Waals surface area contributed by atoms with Crippen LogP contribution in [0.2, 0.25) is 10.0 Å². The first kappa shape index (κ1) is 16.4. The summed E-state index contributed by atoms with van der Waals surface area (Å²) >= 11 is 12.1. The smallest absolute Gasteiger partial charge is 0.225 e. The first-order chi connectivity index (χ1) is 9.86. The molecule has 2 atom stereocenters. The van der Waals surface area contributed by atoms with Gasteiger partial charge in [-0.1, -0.05) is 37.0 Å². The number of carbonyl (C=O) groups excluding carboxylic acids is 1. The number of carbonyl (C=O) groups is 1. The van der Waals surface area contributed by atoms with E-state index in [1.54, 1.807) is 12.1 Å². The molecule has 21 heavy (non-hydrogen) atoms. The summed E-state index contributed by atoms with van der Waals surface area (Å²) in [5.74, 6) is 1.29. The Morgan fingerprint density at radius 1 is 1.29 bits per heavy atom. The Morgan fingerprint density at radius 3 is 2.33 bits per heavy atom. The van der Waals surface area contributed by atoms with Gasteiger partial charge in [-0.25, -0.2) is 0 Å². The molecule has 1 aliphatic heterocycles. The average molecular weight is 330 g/mol. The summed E-state index contributed by atoms with van der Waals surface area (Å²) in [6.07, 6.45) is 0.427. The van der Waals surface area contributed by atoms with Crippen LogP contribution in [-0.2, 0) is 4.79 Å². The second-order valence-electron chi connectivity index (χ2n) is 5.87. The van der Waals surface area contributed by atoms with Crippen LogP contribution in [0.4, 0.5) is 11.4 Å². The predicted molar refractivity (Wildman–Crippen MR) is 88.9 cm³/mol. The van der Waals surface area contributed by atoms with Crippen molar-refractivity contribution in [1.29, 1.82) is 0 Å². The van der Waals surface area contributed by atoms with E-state index in [9.17, 15) is 4.79 Å². The fraction of sp³-hybridized carbons (Fsp3) is 0.533. The minimum Gasteiger partial charge on any atom is -0.399 e. The van der Waals surface area contributed by atoms with Gasteiger partial charge in [0.2, 0.25) is 5.91 Å². The number of nitrogens with zero attached hydrogens (tertiary/aromatic N) is 1. The lowest BCUT2D eigenvalue weighted by Gasteiger charge is -2.15. The lowest BCUT2D eigenvalue weighted by Crippen LogP contribution is -2.26. The third-order valence-corrected chi connectivity index (χ3v) is 4.64. The monoisotopic (exact) mass is 329 g/mol. The van der Waals surface area contributed by atoms with E-state index < -0.39 is 0 Å². The van der Waals surface area contributed by atoms with E-state index in [1.165, 1.54) is 0 Å². The van der Waals surface area contributed by atoms with Crippen molar-refractivity contribution in [2.75, 3.05) is 30.7 Å². The molecule has 0 spiro atoms. The van der Waals surface area contributed by atoms with Crippen LogP contribution in [0.1, 0.15) is 20.3 Å². The predicted octanol–water partition coefficient (Wildman–Crippen LogP) is 3.49. The number of amides is 1. The topological polar surface area (TPSA) is 58.4 Å². The summed E-state index contributed by atoms with van der Waals surface area (Å²) in [7, 11) is 0. The van der Waals surface area contributed by atoms with Gasteiger partial charge in [0.05, 0.1) is 15.7 Å². The molecule has 116 valence electrons. The molecule has 1 aromatic carbocycles. The van der Waals surface area contributed by atoms with E-state index in [0.29, 0.717) is 39.7 Å². The Balaban J connectivity index is 1.88. The van der Waals surface area contributed by atoms with Gasteiger partial charge < -0.3 is 16.0 Å². The van der Waals surface area contributed by atoms with Gasteiger partial charge in [0, 0.05) is 31.7 Å². The Bertz CT molecular complexity index is 503. The van der Waals surface area contributed by atoms with Gasteiger partial charge in [-0.2, -0.15) is 0 Å². The molecular formula is C15H21Cl2N3O.